The van der Waals surface area contributed by atoms with Crippen LogP contribution in [-0.4, -0.2) is 10.7 Å². The summed E-state index contributed by atoms with van der Waals surface area (Å²) in [5, 5.41) is 9.18. The monoisotopic (exact) mass is 128 g/mol. The number of hydrogen-bond acceptors (Lipinski definition) is 1. The second-order valence-corrected chi connectivity index (χ2v) is 2.51. The molecule has 0 aromatic rings. The van der Waals surface area contributed by atoms with E-state index in [9.17, 15) is 9.50 Å². The molecular weight excluding hydrogens is 119 g/mol. The highest BCUT2D eigenvalue weighted by Gasteiger charge is 2.20. The minimum absolute atomic E-state index is 0.101. The molecule has 1 unspecified atom stereocenters. The third-order valence-corrected chi connectivity index (χ3v) is 1.26. The first-order chi connectivity index (χ1) is 4.10. The Kier molecular flexibility index (Phi) is 1.41. The van der Waals surface area contributed by atoms with Gasteiger partial charge in [0.15, 0.2) is 0 Å². The summed E-state index contributed by atoms with van der Waals surface area (Å²) in [6.45, 7) is 1.58. The van der Waals surface area contributed by atoms with Crippen LogP contribution in [0.4, 0.5) is 4.39 Å². The van der Waals surface area contributed by atoms with E-state index in [1.165, 1.54) is 12.2 Å². The van der Waals surface area contributed by atoms with Crippen LogP contribution in [0.3, 0.4) is 0 Å². The molecule has 0 heterocycles. The van der Waals surface area contributed by atoms with Gasteiger partial charge in [-0.05, 0) is 13.0 Å². The molecule has 0 aromatic heterocycles. The number of aliphatic hydroxyl groups is 1. The molecule has 1 aliphatic carbocycles. The third-order valence-electron chi connectivity index (χ3n) is 1.26. The highest BCUT2D eigenvalue weighted by molar-refractivity contribution is 5.20. The standard InChI is InChI=1S/C7H9FO/c1-7(9)4-2-3-6(8)5-7/h2-4,9H,5H2,1H3. The molecule has 0 bridgehead atoms. The van der Waals surface area contributed by atoms with E-state index in [2.05, 4.69) is 0 Å². The van der Waals surface area contributed by atoms with Gasteiger partial charge in [-0.15, -0.1) is 0 Å². The average molecular weight is 128 g/mol. The molecule has 1 aliphatic rings. The van der Waals surface area contributed by atoms with E-state index >= 15 is 0 Å². The number of halogens is 1. The highest BCUT2D eigenvalue weighted by Crippen LogP contribution is 2.22. The zero-order valence-corrected chi connectivity index (χ0v) is 5.26. The summed E-state index contributed by atoms with van der Waals surface area (Å²) in [4.78, 5) is 0. The van der Waals surface area contributed by atoms with E-state index in [-0.39, 0.29) is 12.2 Å². The molecule has 0 aromatic carbocycles. The largest absolute Gasteiger partial charge is 0.386 e. The molecule has 0 radical (unpaired) electrons. The molecular formula is C7H9FO. The summed E-state index contributed by atoms with van der Waals surface area (Å²) in [6.07, 6.45) is 4.57. The number of allylic oxidation sites excluding steroid dienone is 2. The number of rotatable bonds is 0. The van der Waals surface area contributed by atoms with Crippen molar-refractivity contribution in [2.24, 2.45) is 0 Å². The van der Waals surface area contributed by atoms with Crippen molar-refractivity contribution in [1.82, 2.24) is 0 Å². The van der Waals surface area contributed by atoms with Crippen LogP contribution in [0.15, 0.2) is 24.1 Å². The van der Waals surface area contributed by atoms with Crippen LogP contribution in [0.25, 0.3) is 0 Å². The van der Waals surface area contributed by atoms with Crippen LogP contribution >= 0.6 is 0 Å². The van der Waals surface area contributed by atoms with Gasteiger partial charge >= 0.3 is 0 Å². The summed E-state index contributed by atoms with van der Waals surface area (Å²) >= 11 is 0. The Morgan fingerprint density at radius 1 is 1.78 bits per heavy atom. The second kappa shape index (κ2) is 1.95. The molecule has 0 fully saturated rings. The van der Waals surface area contributed by atoms with E-state index in [4.69, 9.17) is 0 Å². The molecule has 2 heteroatoms. The fraction of sp³-hybridized carbons (Fsp3) is 0.429. The Balaban J connectivity index is 2.73. The Bertz CT molecular complexity index is 168. The molecule has 0 saturated carbocycles. The Morgan fingerprint density at radius 3 is 2.78 bits per heavy atom. The Labute approximate surface area is 53.5 Å². The van der Waals surface area contributed by atoms with E-state index in [1.54, 1.807) is 13.0 Å². The van der Waals surface area contributed by atoms with Gasteiger partial charge in [-0.3, -0.25) is 0 Å². The maximum Gasteiger partial charge on any atom is 0.103 e. The predicted molar refractivity (Wildman–Crippen MR) is 33.6 cm³/mol. The number of hydrogen-bond donors (Lipinski definition) is 1. The lowest BCUT2D eigenvalue weighted by atomic mass is 9.97. The average Bonchev–Trinajstić information content (AvgIpc) is 1.60. The van der Waals surface area contributed by atoms with E-state index in [0.717, 1.165) is 0 Å². The SMILES string of the molecule is CC1(O)C=CC=C(F)C1. The van der Waals surface area contributed by atoms with Crippen molar-refractivity contribution < 1.29 is 9.50 Å². The minimum atomic E-state index is -0.973. The van der Waals surface area contributed by atoms with Gasteiger partial charge in [-0.1, -0.05) is 12.2 Å². The van der Waals surface area contributed by atoms with Crippen molar-refractivity contribution in [3.63, 3.8) is 0 Å². The smallest absolute Gasteiger partial charge is 0.103 e. The van der Waals surface area contributed by atoms with Gasteiger partial charge < -0.3 is 5.11 Å². The first-order valence-corrected chi connectivity index (χ1v) is 2.86. The summed E-state index contributed by atoms with van der Waals surface area (Å²) < 4.78 is 12.3. The van der Waals surface area contributed by atoms with Gasteiger partial charge in [-0.25, -0.2) is 4.39 Å². The summed E-state index contributed by atoms with van der Waals surface area (Å²) in [7, 11) is 0. The van der Waals surface area contributed by atoms with Crippen LogP contribution in [0.5, 0.6) is 0 Å². The fourth-order valence-electron chi connectivity index (χ4n) is 0.820. The van der Waals surface area contributed by atoms with Gasteiger partial charge in [0, 0.05) is 6.42 Å². The van der Waals surface area contributed by atoms with Gasteiger partial charge in [0.2, 0.25) is 0 Å². The Morgan fingerprint density at radius 2 is 2.44 bits per heavy atom. The topological polar surface area (TPSA) is 20.2 Å². The van der Waals surface area contributed by atoms with Gasteiger partial charge in [-0.2, -0.15) is 0 Å². The molecule has 0 saturated heterocycles. The van der Waals surface area contributed by atoms with Gasteiger partial charge in [0.05, 0.1) is 5.60 Å². The molecule has 1 atom stereocenters. The zero-order chi connectivity index (χ0) is 6.91. The lowest BCUT2D eigenvalue weighted by Crippen LogP contribution is -2.22. The molecule has 1 N–H and O–H groups in total. The first-order valence-electron chi connectivity index (χ1n) is 2.86. The van der Waals surface area contributed by atoms with Gasteiger partial charge in [0.1, 0.15) is 5.83 Å². The lowest BCUT2D eigenvalue weighted by Gasteiger charge is -2.19. The minimum Gasteiger partial charge on any atom is -0.386 e. The van der Waals surface area contributed by atoms with Crippen molar-refractivity contribution in [3.8, 4) is 0 Å². The zero-order valence-electron chi connectivity index (χ0n) is 5.26. The predicted octanol–water partition coefficient (Wildman–Crippen LogP) is 1.55. The third kappa shape index (κ3) is 1.64. The van der Waals surface area contributed by atoms with Gasteiger partial charge in [0.25, 0.3) is 0 Å². The maximum atomic E-state index is 12.3. The summed E-state index contributed by atoms with van der Waals surface area (Å²) in [5.74, 6) is -0.262. The molecule has 0 spiro atoms. The Hall–Kier alpha value is -0.630. The summed E-state index contributed by atoms with van der Waals surface area (Å²) in [5.41, 5.74) is -0.973. The van der Waals surface area contributed by atoms with Crippen LogP contribution in [0, 0.1) is 0 Å². The van der Waals surface area contributed by atoms with Crippen molar-refractivity contribution in [2.45, 2.75) is 18.9 Å². The molecule has 0 aliphatic heterocycles. The van der Waals surface area contributed by atoms with E-state index in [1.807, 2.05) is 0 Å². The quantitative estimate of drug-likeness (QED) is 0.524. The second-order valence-electron chi connectivity index (χ2n) is 2.51. The van der Waals surface area contributed by atoms with Crippen LogP contribution in [-0.2, 0) is 0 Å². The molecule has 9 heavy (non-hydrogen) atoms. The van der Waals surface area contributed by atoms with Crippen molar-refractivity contribution in [1.29, 1.82) is 0 Å². The van der Waals surface area contributed by atoms with E-state index in [0.29, 0.717) is 0 Å². The first kappa shape index (κ1) is 6.49. The fourth-order valence-corrected chi connectivity index (χ4v) is 0.820. The van der Waals surface area contributed by atoms with Crippen LogP contribution < -0.4 is 0 Å². The maximum absolute atomic E-state index is 12.3. The summed E-state index contributed by atoms with van der Waals surface area (Å²) in [6, 6.07) is 0. The molecule has 50 valence electrons. The van der Waals surface area contributed by atoms with Crippen molar-refractivity contribution >= 4 is 0 Å². The van der Waals surface area contributed by atoms with Crippen LogP contribution in [0.1, 0.15) is 13.3 Å². The molecule has 1 rings (SSSR count). The highest BCUT2D eigenvalue weighted by atomic mass is 19.1. The van der Waals surface area contributed by atoms with Crippen molar-refractivity contribution in [2.75, 3.05) is 0 Å². The van der Waals surface area contributed by atoms with Crippen molar-refractivity contribution in [3.05, 3.63) is 24.1 Å². The molecule has 1 nitrogen and oxygen atoms in total. The molecule has 0 amide bonds. The van der Waals surface area contributed by atoms with E-state index < -0.39 is 5.60 Å². The normalized spacial score (nSPS) is 34.3. The van der Waals surface area contributed by atoms with Crippen LogP contribution in [0.2, 0.25) is 0 Å². The lowest BCUT2D eigenvalue weighted by molar-refractivity contribution is 0.104.